The topological polar surface area (TPSA) is 69.6 Å². The van der Waals surface area contributed by atoms with Gasteiger partial charge in [-0.05, 0) is 24.6 Å². The fraction of sp³-hybridized carbons (Fsp3) is 0.571. The maximum absolute atomic E-state index is 12.2. The van der Waals surface area contributed by atoms with E-state index in [1.54, 1.807) is 25.1 Å². The Balaban J connectivity index is 1.93. The van der Waals surface area contributed by atoms with E-state index in [9.17, 15) is 13.5 Å². The van der Waals surface area contributed by atoms with Crippen molar-refractivity contribution in [2.45, 2.75) is 17.9 Å². The van der Waals surface area contributed by atoms with E-state index in [-0.39, 0.29) is 4.90 Å². The van der Waals surface area contributed by atoms with Gasteiger partial charge in [0, 0.05) is 37.7 Å². The van der Waals surface area contributed by atoms with Gasteiger partial charge in [-0.25, -0.2) is 13.1 Å². The molecule has 2 N–H and O–H groups in total. The molecule has 0 spiro atoms. The fourth-order valence-electron chi connectivity index (χ4n) is 2.19. The Morgan fingerprint density at radius 2 is 2.10 bits per heavy atom. The number of rotatable bonds is 6. The van der Waals surface area contributed by atoms with E-state index >= 15 is 0 Å². The predicted molar refractivity (Wildman–Crippen MR) is 86.0 cm³/mol. The second-order valence-electron chi connectivity index (χ2n) is 5.10. The van der Waals surface area contributed by atoms with E-state index in [0.29, 0.717) is 12.1 Å². The molecule has 1 heterocycles. The lowest BCUT2D eigenvalue weighted by Gasteiger charge is -2.26. The number of nitrogens with zero attached hydrogens (tertiary/aromatic N) is 1. The molecule has 0 amide bonds. The zero-order valence-corrected chi connectivity index (χ0v) is 13.8. The molecule has 0 bridgehead atoms. The molecule has 1 fully saturated rings. The van der Waals surface area contributed by atoms with Gasteiger partial charge in [0.25, 0.3) is 0 Å². The zero-order chi connectivity index (χ0) is 15.3. The molecule has 0 aliphatic carbocycles. The van der Waals surface area contributed by atoms with Crippen molar-refractivity contribution in [2.24, 2.45) is 0 Å². The normalized spacial score (nSPS) is 18.6. The molecular formula is C14H22N2O3S2. The molecule has 118 valence electrons. The molecule has 2 rings (SSSR count). The number of hydrogen-bond donors (Lipinski definition) is 2. The molecular weight excluding hydrogens is 308 g/mol. The van der Waals surface area contributed by atoms with E-state index in [2.05, 4.69) is 9.62 Å². The van der Waals surface area contributed by atoms with Crippen LogP contribution in [0.2, 0.25) is 0 Å². The molecule has 1 aromatic rings. The van der Waals surface area contributed by atoms with Gasteiger partial charge in [-0.2, -0.15) is 11.8 Å². The van der Waals surface area contributed by atoms with Gasteiger partial charge in [-0.3, -0.25) is 0 Å². The highest BCUT2D eigenvalue weighted by Crippen LogP contribution is 2.17. The van der Waals surface area contributed by atoms with Gasteiger partial charge in [-0.15, -0.1) is 0 Å². The van der Waals surface area contributed by atoms with E-state index in [4.69, 9.17) is 0 Å². The van der Waals surface area contributed by atoms with Crippen LogP contribution in [0.25, 0.3) is 0 Å². The number of sulfonamides is 1. The third kappa shape index (κ3) is 4.96. The summed E-state index contributed by atoms with van der Waals surface area (Å²) < 4.78 is 27.1. The second-order valence-corrected chi connectivity index (χ2v) is 8.09. The first kappa shape index (κ1) is 16.8. The Morgan fingerprint density at radius 3 is 2.76 bits per heavy atom. The lowest BCUT2D eigenvalue weighted by molar-refractivity contribution is 0.199. The third-order valence-corrected chi connectivity index (χ3v) is 5.88. The Morgan fingerprint density at radius 1 is 1.38 bits per heavy atom. The standard InChI is InChI=1S/C14H22N2O3S2/c1-12(17)13-3-2-4-14(11-13)21(18,19)15-5-6-16-7-9-20-10-8-16/h2-4,11-12,15,17H,5-10H2,1H3. The van der Waals surface area contributed by atoms with Gasteiger partial charge in [-0.1, -0.05) is 12.1 Å². The van der Waals surface area contributed by atoms with E-state index in [0.717, 1.165) is 31.1 Å². The largest absolute Gasteiger partial charge is 0.389 e. The molecule has 7 heteroatoms. The van der Waals surface area contributed by atoms with Gasteiger partial charge in [0.05, 0.1) is 11.0 Å². The zero-order valence-electron chi connectivity index (χ0n) is 12.2. The first-order valence-electron chi connectivity index (χ1n) is 7.07. The van der Waals surface area contributed by atoms with Crippen LogP contribution in [0.5, 0.6) is 0 Å². The summed E-state index contributed by atoms with van der Waals surface area (Å²) in [5.41, 5.74) is 0.603. The maximum Gasteiger partial charge on any atom is 0.240 e. The summed E-state index contributed by atoms with van der Waals surface area (Å²) in [6, 6.07) is 6.43. The van der Waals surface area contributed by atoms with Gasteiger partial charge < -0.3 is 10.0 Å². The maximum atomic E-state index is 12.2. The first-order valence-corrected chi connectivity index (χ1v) is 9.70. The molecule has 1 aromatic carbocycles. The lowest BCUT2D eigenvalue weighted by Crippen LogP contribution is -2.39. The molecule has 0 radical (unpaired) electrons. The average Bonchev–Trinajstić information content (AvgIpc) is 2.48. The third-order valence-electron chi connectivity index (χ3n) is 3.47. The van der Waals surface area contributed by atoms with Crippen LogP contribution in [0, 0.1) is 0 Å². The Labute approximate surface area is 130 Å². The van der Waals surface area contributed by atoms with Crippen molar-refractivity contribution in [3.63, 3.8) is 0 Å². The van der Waals surface area contributed by atoms with Crippen molar-refractivity contribution in [3.8, 4) is 0 Å². The molecule has 1 saturated heterocycles. The Bertz CT molecular complexity index is 555. The van der Waals surface area contributed by atoms with Crippen LogP contribution < -0.4 is 4.72 Å². The molecule has 1 aliphatic rings. The molecule has 21 heavy (non-hydrogen) atoms. The predicted octanol–water partition coefficient (Wildman–Crippen LogP) is 1.07. The first-order chi connectivity index (χ1) is 9.99. The second kappa shape index (κ2) is 7.60. The Hall–Kier alpha value is -0.600. The molecule has 1 aliphatic heterocycles. The average molecular weight is 330 g/mol. The van der Waals surface area contributed by atoms with Crippen molar-refractivity contribution in [3.05, 3.63) is 29.8 Å². The van der Waals surface area contributed by atoms with Crippen LogP contribution in [0.4, 0.5) is 0 Å². The van der Waals surface area contributed by atoms with E-state index in [1.807, 2.05) is 11.8 Å². The summed E-state index contributed by atoms with van der Waals surface area (Å²) in [7, 11) is -3.51. The summed E-state index contributed by atoms with van der Waals surface area (Å²) in [4.78, 5) is 2.47. The Kier molecular flexibility index (Phi) is 6.07. The minimum Gasteiger partial charge on any atom is -0.389 e. The minimum absolute atomic E-state index is 0.204. The van der Waals surface area contributed by atoms with Crippen LogP contribution in [0.3, 0.4) is 0 Å². The summed E-state index contributed by atoms with van der Waals surface area (Å²) in [5.74, 6) is 2.23. The van der Waals surface area contributed by atoms with Gasteiger partial charge in [0.2, 0.25) is 10.0 Å². The van der Waals surface area contributed by atoms with Crippen LogP contribution in [-0.4, -0.2) is 56.1 Å². The van der Waals surface area contributed by atoms with Crippen molar-refractivity contribution in [1.82, 2.24) is 9.62 Å². The minimum atomic E-state index is -3.51. The number of nitrogens with one attached hydrogen (secondary N) is 1. The molecule has 0 saturated carbocycles. The highest BCUT2D eigenvalue weighted by atomic mass is 32.2. The summed E-state index contributed by atoms with van der Waals surface area (Å²) in [5, 5.41) is 9.54. The number of thioether (sulfide) groups is 1. The molecule has 1 atom stereocenters. The van der Waals surface area contributed by atoms with Crippen LogP contribution in [0.15, 0.2) is 29.2 Å². The number of aliphatic hydroxyl groups is 1. The van der Waals surface area contributed by atoms with Crippen molar-refractivity contribution in [2.75, 3.05) is 37.7 Å². The van der Waals surface area contributed by atoms with E-state index in [1.165, 1.54) is 6.07 Å². The number of hydrogen-bond acceptors (Lipinski definition) is 5. The molecule has 0 aromatic heterocycles. The highest BCUT2D eigenvalue weighted by molar-refractivity contribution is 7.99. The fourth-order valence-corrected chi connectivity index (χ4v) is 4.24. The smallest absolute Gasteiger partial charge is 0.240 e. The van der Waals surface area contributed by atoms with Crippen LogP contribution in [0.1, 0.15) is 18.6 Å². The van der Waals surface area contributed by atoms with Crippen LogP contribution >= 0.6 is 11.8 Å². The number of aliphatic hydroxyl groups excluding tert-OH is 1. The summed E-state index contributed by atoms with van der Waals surface area (Å²) in [6.07, 6.45) is -0.675. The summed E-state index contributed by atoms with van der Waals surface area (Å²) in [6.45, 7) is 4.79. The van der Waals surface area contributed by atoms with Gasteiger partial charge in [0.15, 0.2) is 0 Å². The van der Waals surface area contributed by atoms with Gasteiger partial charge >= 0.3 is 0 Å². The lowest BCUT2D eigenvalue weighted by atomic mass is 10.1. The number of benzene rings is 1. The van der Waals surface area contributed by atoms with Crippen molar-refractivity contribution in [1.29, 1.82) is 0 Å². The molecule has 5 nitrogen and oxygen atoms in total. The monoisotopic (exact) mass is 330 g/mol. The van der Waals surface area contributed by atoms with E-state index < -0.39 is 16.1 Å². The quantitative estimate of drug-likeness (QED) is 0.816. The van der Waals surface area contributed by atoms with Crippen LogP contribution in [-0.2, 0) is 10.0 Å². The van der Waals surface area contributed by atoms with Gasteiger partial charge in [0.1, 0.15) is 0 Å². The SMILES string of the molecule is CC(O)c1cccc(S(=O)(=O)NCCN2CCSCC2)c1. The summed E-state index contributed by atoms with van der Waals surface area (Å²) >= 11 is 1.93. The van der Waals surface area contributed by atoms with Crippen molar-refractivity contribution < 1.29 is 13.5 Å². The molecule has 1 unspecified atom stereocenters. The highest BCUT2D eigenvalue weighted by Gasteiger charge is 2.16. The van der Waals surface area contributed by atoms with Crippen molar-refractivity contribution >= 4 is 21.8 Å².